The lowest BCUT2D eigenvalue weighted by Crippen LogP contribution is -2.39. The predicted molar refractivity (Wildman–Crippen MR) is 99.8 cm³/mol. The fourth-order valence-electron chi connectivity index (χ4n) is 2.69. The molecule has 0 unspecified atom stereocenters. The van der Waals surface area contributed by atoms with Crippen molar-refractivity contribution in [3.8, 4) is 0 Å². The summed E-state index contributed by atoms with van der Waals surface area (Å²) in [4.78, 5) is 25.2. The molecule has 6 heteroatoms. The summed E-state index contributed by atoms with van der Waals surface area (Å²) < 4.78 is 0. The molecule has 1 saturated carbocycles. The van der Waals surface area contributed by atoms with E-state index in [1.54, 1.807) is 18.2 Å². The summed E-state index contributed by atoms with van der Waals surface area (Å²) in [6.07, 6.45) is 1.03. The maximum absolute atomic E-state index is 12.6. The van der Waals surface area contributed by atoms with Gasteiger partial charge >= 0.3 is 0 Å². The highest BCUT2D eigenvalue weighted by Crippen LogP contribution is 2.47. The number of rotatable bonds is 5. The average Bonchev–Trinajstić information content (AvgIpc) is 3.39. The molecule has 25 heavy (non-hydrogen) atoms. The Morgan fingerprint density at radius 3 is 2.24 bits per heavy atom. The molecular formula is C19H18Cl2N2O2. The minimum atomic E-state index is -1.04. The Hall–Kier alpha value is -2.04. The molecule has 2 amide bonds. The van der Waals surface area contributed by atoms with Crippen LogP contribution in [0.15, 0.2) is 42.5 Å². The fourth-order valence-corrected chi connectivity index (χ4v) is 3.18. The number of amides is 2. The van der Waals surface area contributed by atoms with Crippen molar-refractivity contribution in [2.75, 3.05) is 5.32 Å². The minimum absolute atomic E-state index is 0.267. The van der Waals surface area contributed by atoms with Crippen molar-refractivity contribution >= 4 is 40.7 Å². The lowest BCUT2D eigenvalue weighted by atomic mass is 10.0. The van der Waals surface area contributed by atoms with Gasteiger partial charge in [0.1, 0.15) is 5.41 Å². The number of para-hydroxylation sites is 1. The number of hydrogen-bond donors (Lipinski definition) is 2. The van der Waals surface area contributed by atoms with Crippen LogP contribution in [0.3, 0.4) is 0 Å². The molecule has 130 valence electrons. The average molecular weight is 377 g/mol. The van der Waals surface area contributed by atoms with Crippen molar-refractivity contribution in [1.29, 1.82) is 0 Å². The van der Waals surface area contributed by atoms with Gasteiger partial charge in [0.2, 0.25) is 11.8 Å². The second-order valence-electron chi connectivity index (χ2n) is 6.24. The van der Waals surface area contributed by atoms with E-state index in [-0.39, 0.29) is 11.8 Å². The van der Waals surface area contributed by atoms with Gasteiger partial charge in [0.25, 0.3) is 0 Å². The summed E-state index contributed by atoms with van der Waals surface area (Å²) in [5, 5.41) is 6.27. The molecule has 0 aliphatic heterocycles. The van der Waals surface area contributed by atoms with Gasteiger partial charge in [-0.2, -0.15) is 0 Å². The zero-order chi connectivity index (χ0) is 18.0. The standard InChI is InChI=1S/C19H18Cl2N2O2/c1-12-5-2-3-6-13(12)11-22-17(24)19(9-10-19)18(25)23-16-14(20)7-4-8-15(16)21/h2-8H,9-11H2,1H3,(H,22,24)(H,23,25). The van der Waals surface area contributed by atoms with Crippen LogP contribution in [-0.2, 0) is 16.1 Å². The molecule has 4 nitrogen and oxygen atoms in total. The molecule has 0 radical (unpaired) electrons. The smallest absolute Gasteiger partial charge is 0.240 e. The third-order valence-electron chi connectivity index (χ3n) is 4.52. The number of hydrogen-bond acceptors (Lipinski definition) is 2. The Balaban J connectivity index is 1.68. The van der Waals surface area contributed by atoms with Crippen molar-refractivity contribution in [1.82, 2.24) is 5.32 Å². The highest BCUT2D eigenvalue weighted by molar-refractivity contribution is 6.40. The van der Waals surface area contributed by atoms with Gasteiger partial charge in [0.05, 0.1) is 15.7 Å². The van der Waals surface area contributed by atoms with E-state index in [4.69, 9.17) is 23.2 Å². The molecule has 1 aliphatic carbocycles. The van der Waals surface area contributed by atoms with Crippen LogP contribution in [0.5, 0.6) is 0 Å². The molecule has 0 heterocycles. The minimum Gasteiger partial charge on any atom is -0.351 e. The van der Waals surface area contributed by atoms with Gasteiger partial charge in [-0.15, -0.1) is 0 Å². The normalized spacial score (nSPS) is 14.7. The van der Waals surface area contributed by atoms with Crippen molar-refractivity contribution in [3.63, 3.8) is 0 Å². The first-order valence-corrected chi connectivity index (χ1v) is 8.78. The Morgan fingerprint density at radius 2 is 1.64 bits per heavy atom. The van der Waals surface area contributed by atoms with E-state index in [0.717, 1.165) is 11.1 Å². The van der Waals surface area contributed by atoms with Crippen LogP contribution in [0.1, 0.15) is 24.0 Å². The van der Waals surface area contributed by atoms with E-state index in [0.29, 0.717) is 35.1 Å². The van der Waals surface area contributed by atoms with Crippen LogP contribution < -0.4 is 10.6 Å². The van der Waals surface area contributed by atoms with Gasteiger partial charge in [-0.25, -0.2) is 0 Å². The summed E-state index contributed by atoms with van der Waals surface area (Å²) in [5.74, 6) is -0.638. The highest BCUT2D eigenvalue weighted by atomic mass is 35.5. The fraction of sp³-hybridized carbons (Fsp3) is 0.263. The van der Waals surface area contributed by atoms with E-state index >= 15 is 0 Å². The van der Waals surface area contributed by atoms with Gasteiger partial charge in [-0.05, 0) is 43.0 Å². The Bertz CT molecular complexity index is 812. The van der Waals surface area contributed by atoms with Crippen LogP contribution in [-0.4, -0.2) is 11.8 Å². The molecular weight excluding hydrogens is 359 g/mol. The molecule has 0 spiro atoms. The zero-order valence-electron chi connectivity index (χ0n) is 13.7. The molecule has 1 aliphatic rings. The van der Waals surface area contributed by atoms with E-state index in [1.807, 2.05) is 31.2 Å². The number of anilines is 1. The number of aryl methyl sites for hydroxylation is 1. The van der Waals surface area contributed by atoms with Crippen LogP contribution >= 0.6 is 23.2 Å². The molecule has 0 aromatic heterocycles. The van der Waals surface area contributed by atoms with Crippen molar-refractivity contribution in [2.24, 2.45) is 5.41 Å². The Kier molecular flexibility index (Phi) is 5.02. The van der Waals surface area contributed by atoms with Crippen LogP contribution in [0.25, 0.3) is 0 Å². The van der Waals surface area contributed by atoms with E-state index in [9.17, 15) is 9.59 Å². The van der Waals surface area contributed by atoms with Crippen LogP contribution in [0, 0.1) is 12.3 Å². The van der Waals surface area contributed by atoms with Crippen LogP contribution in [0.2, 0.25) is 10.0 Å². The molecule has 2 N–H and O–H groups in total. The third kappa shape index (κ3) is 3.65. The predicted octanol–water partition coefficient (Wildman–Crippen LogP) is 4.34. The first-order chi connectivity index (χ1) is 11.9. The first-order valence-electron chi connectivity index (χ1n) is 8.02. The molecule has 0 bridgehead atoms. The SMILES string of the molecule is Cc1ccccc1CNC(=O)C1(C(=O)Nc2c(Cl)cccc2Cl)CC1. The van der Waals surface area contributed by atoms with Gasteiger partial charge in [-0.1, -0.05) is 53.5 Å². The monoisotopic (exact) mass is 376 g/mol. The molecule has 2 aromatic rings. The Morgan fingerprint density at radius 1 is 1.00 bits per heavy atom. The van der Waals surface area contributed by atoms with Crippen molar-refractivity contribution in [2.45, 2.75) is 26.3 Å². The quantitative estimate of drug-likeness (QED) is 0.762. The summed E-state index contributed by atoms with van der Waals surface area (Å²) in [6, 6.07) is 12.8. The highest BCUT2D eigenvalue weighted by Gasteiger charge is 2.56. The second kappa shape index (κ2) is 7.06. The number of halogens is 2. The number of carbonyl (C=O) groups is 2. The van der Waals surface area contributed by atoms with Crippen molar-refractivity contribution in [3.05, 3.63) is 63.6 Å². The topological polar surface area (TPSA) is 58.2 Å². The van der Waals surface area contributed by atoms with E-state index < -0.39 is 5.41 Å². The summed E-state index contributed by atoms with van der Waals surface area (Å²) in [6.45, 7) is 2.38. The summed E-state index contributed by atoms with van der Waals surface area (Å²) in [7, 11) is 0. The maximum atomic E-state index is 12.6. The largest absolute Gasteiger partial charge is 0.351 e. The van der Waals surface area contributed by atoms with E-state index in [2.05, 4.69) is 10.6 Å². The first kappa shape index (κ1) is 17.8. The lowest BCUT2D eigenvalue weighted by molar-refractivity contribution is -0.134. The summed E-state index contributed by atoms with van der Waals surface area (Å²) >= 11 is 12.2. The molecule has 0 atom stereocenters. The molecule has 0 saturated heterocycles. The Labute approximate surface area is 156 Å². The lowest BCUT2D eigenvalue weighted by Gasteiger charge is -2.17. The number of carbonyl (C=O) groups excluding carboxylic acids is 2. The second-order valence-corrected chi connectivity index (χ2v) is 7.06. The number of benzene rings is 2. The van der Waals surface area contributed by atoms with Gasteiger partial charge < -0.3 is 10.6 Å². The van der Waals surface area contributed by atoms with Gasteiger partial charge in [0, 0.05) is 6.54 Å². The van der Waals surface area contributed by atoms with Gasteiger partial charge in [0.15, 0.2) is 0 Å². The van der Waals surface area contributed by atoms with Gasteiger partial charge in [-0.3, -0.25) is 9.59 Å². The maximum Gasteiger partial charge on any atom is 0.240 e. The zero-order valence-corrected chi connectivity index (χ0v) is 15.2. The molecule has 1 fully saturated rings. The van der Waals surface area contributed by atoms with E-state index in [1.165, 1.54) is 0 Å². The summed E-state index contributed by atoms with van der Waals surface area (Å²) in [5.41, 5.74) is 1.43. The van der Waals surface area contributed by atoms with Crippen molar-refractivity contribution < 1.29 is 9.59 Å². The molecule has 2 aromatic carbocycles. The third-order valence-corrected chi connectivity index (χ3v) is 5.15. The number of nitrogens with one attached hydrogen (secondary N) is 2. The van der Waals surface area contributed by atoms with Crippen LogP contribution in [0.4, 0.5) is 5.69 Å². The molecule has 3 rings (SSSR count).